The number of nitrogens with zero attached hydrogens (tertiary/aromatic N) is 4. The first kappa shape index (κ1) is 26.3. The van der Waals surface area contributed by atoms with Crippen molar-refractivity contribution in [2.24, 2.45) is 5.92 Å². The summed E-state index contributed by atoms with van der Waals surface area (Å²) in [6, 6.07) is 4.93. The highest BCUT2D eigenvalue weighted by Gasteiger charge is 2.32. The number of imide groups is 1. The molecular weight excluding hydrogens is 490 g/mol. The Bertz CT molecular complexity index is 1260. The SMILES string of the molecule is CC(C)(C)OC(=O)N1CCN(CC2CCN(c3ccc4c(c3)oc(=O)n4C3CCC(=O)NC3=O)CC2)CC1. The molecule has 0 spiro atoms. The lowest BCUT2D eigenvalue weighted by Crippen LogP contribution is -2.51. The van der Waals surface area contributed by atoms with Crippen LogP contribution in [0.2, 0.25) is 0 Å². The average molecular weight is 528 g/mol. The summed E-state index contributed by atoms with van der Waals surface area (Å²) in [4.78, 5) is 55.3. The number of anilines is 1. The van der Waals surface area contributed by atoms with E-state index in [0.29, 0.717) is 30.1 Å². The van der Waals surface area contributed by atoms with Crippen molar-refractivity contribution in [1.82, 2.24) is 19.7 Å². The summed E-state index contributed by atoms with van der Waals surface area (Å²) in [6.07, 6.45) is 2.37. The van der Waals surface area contributed by atoms with Crippen molar-refractivity contribution in [2.45, 2.75) is 58.1 Å². The van der Waals surface area contributed by atoms with Gasteiger partial charge in [0.1, 0.15) is 11.6 Å². The fraction of sp³-hybridized carbons (Fsp3) is 0.630. The minimum Gasteiger partial charge on any atom is -0.444 e. The summed E-state index contributed by atoms with van der Waals surface area (Å²) in [5.74, 6) is -0.781. The highest BCUT2D eigenvalue weighted by atomic mass is 16.6. The van der Waals surface area contributed by atoms with Gasteiger partial charge in [0, 0.05) is 64.0 Å². The Kier molecular flexibility index (Phi) is 7.21. The zero-order valence-corrected chi connectivity index (χ0v) is 22.4. The summed E-state index contributed by atoms with van der Waals surface area (Å²) < 4.78 is 12.4. The highest BCUT2D eigenvalue weighted by Crippen LogP contribution is 2.29. The van der Waals surface area contributed by atoms with Crippen molar-refractivity contribution < 1.29 is 23.5 Å². The van der Waals surface area contributed by atoms with Crippen LogP contribution in [0.4, 0.5) is 10.5 Å². The predicted molar refractivity (Wildman–Crippen MR) is 141 cm³/mol. The third kappa shape index (κ3) is 5.72. The van der Waals surface area contributed by atoms with E-state index in [2.05, 4.69) is 15.1 Å². The van der Waals surface area contributed by atoms with E-state index in [1.807, 2.05) is 39.0 Å². The van der Waals surface area contributed by atoms with Crippen molar-refractivity contribution in [3.8, 4) is 0 Å². The molecule has 206 valence electrons. The number of hydrogen-bond acceptors (Lipinski definition) is 8. The van der Waals surface area contributed by atoms with Crippen molar-refractivity contribution in [3.05, 3.63) is 28.7 Å². The summed E-state index contributed by atoms with van der Waals surface area (Å²) in [5.41, 5.74) is 1.53. The number of hydrogen-bond donors (Lipinski definition) is 1. The van der Waals surface area contributed by atoms with Gasteiger partial charge < -0.3 is 19.0 Å². The van der Waals surface area contributed by atoms with Crippen molar-refractivity contribution >= 4 is 34.7 Å². The molecule has 4 heterocycles. The molecule has 0 aliphatic carbocycles. The van der Waals surface area contributed by atoms with Gasteiger partial charge in [0.15, 0.2) is 5.58 Å². The molecule has 3 aliphatic rings. The summed E-state index contributed by atoms with van der Waals surface area (Å²) in [5, 5.41) is 2.31. The number of carbonyl (C=O) groups excluding carboxylic acids is 3. The second-order valence-electron chi connectivity index (χ2n) is 11.6. The molecule has 1 aromatic carbocycles. The molecule has 3 fully saturated rings. The number of ether oxygens (including phenoxy) is 1. The summed E-state index contributed by atoms with van der Waals surface area (Å²) >= 11 is 0. The fourth-order valence-electron chi connectivity index (χ4n) is 5.62. The maximum atomic E-state index is 12.6. The lowest BCUT2D eigenvalue weighted by molar-refractivity contribution is -0.135. The Labute approximate surface area is 221 Å². The molecule has 1 unspecified atom stereocenters. The fourth-order valence-corrected chi connectivity index (χ4v) is 5.62. The number of oxazole rings is 1. The smallest absolute Gasteiger partial charge is 0.420 e. The third-order valence-electron chi connectivity index (χ3n) is 7.64. The van der Waals surface area contributed by atoms with Gasteiger partial charge in [-0.05, 0) is 58.1 Å². The van der Waals surface area contributed by atoms with Gasteiger partial charge in [0.2, 0.25) is 11.8 Å². The van der Waals surface area contributed by atoms with E-state index in [0.717, 1.165) is 51.3 Å². The minimum atomic E-state index is -0.742. The molecule has 0 radical (unpaired) electrons. The first-order valence-electron chi connectivity index (χ1n) is 13.5. The average Bonchev–Trinajstić information content (AvgIpc) is 3.19. The van der Waals surface area contributed by atoms with Gasteiger partial charge in [-0.1, -0.05) is 0 Å². The lowest BCUT2D eigenvalue weighted by Gasteiger charge is -2.39. The van der Waals surface area contributed by atoms with Gasteiger partial charge >= 0.3 is 11.8 Å². The molecule has 3 amide bonds. The second kappa shape index (κ2) is 10.4. The van der Waals surface area contributed by atoms with Crippen LogP contribution in [-0.2, 0) is 14.3 Å². The van der Waals surface area contributed by atoms with Gasteiger partial charge in [-0.15, -0.1) is 0 Å². The van der Waals surface area contributed by atoms with E-state index >= 15 is 0 Å². The Morgan fingerprint density at radius 3 is 2.39 bits per heavy atom. The van der Waals surface area contributed by atoms with Crippen LogP contribution in [0, 0.1) is 5.92 Å². The maximum absolute atomic E-state index is 12.6. The van der Waals surface area contributed by atoms with E-state index < -0.39 is 23.3 Å². The zero-order chi connectivity index (χ0) is 27.0. The van der Waals surface area contributed by atoms with Crippen LogP contribution in [0.1, 0.15) is 52.5 Å². The van der Waals surface area contributed by atoms with E-state index in [-0.39, 0.29) is 24.8 Å². The van der Waals surface area contributed by atoms with Crippen LogP contribution in [0.3, 0.4) is 0 Å². The third-order valence-corrected chi connectivity index (χ3v) is 7.64. The molecule has 1 atom stereocenters. The van der Waals surface area contributed by atoms with Gasteiger partial charge in [0.05, 0.1) is 5.52 Å². The number of amides is 3. The van der Waals surface area contributed by atoms with Gasteiger partial charge in [-0.25, -0.2) is 9.59 Å². The summed E-state index contributed by atoms with van der Waals surface area (Å²) in [7, 11) is 0. The quantitative estimate of drug-likeness (QED) is 0.603. The van der Waals surface area contributed by atoms with Crippen molar-refractivity contribution in [2.75, 3.05) is 50.7 Å². The molecule has 1 aromatic heterocycles. The van der Waals surface area contributed by atoms with Crippen LogP contribution in [0.5, 0.6) is 0 Å². The molecule has 38 heavy (non-hydrogen) atoms. The summed E-state index contributed by atoms with van der Waals surface area (Å²) in [6.45, 7) is 11.6. The van der Waals surface area contributed by atoms with Crippen molar-refractivity contribution in [1.29, 1.82) is 0 Å². The van der Waals surface area contributed by atoms with Crippen molar-refractivity contribution in [3.63, 3.8) is 0 Å². The Morgan fingerprint density at radius 2 is 1.74 bits per heavy atom. The molecule has 1 N–H and O–H groups in total. The number of rotatable bonds is 4. The first-order valence-corrected chi connectivity index (χ1v) is 13.5. The monoisotopic (exact) mass is 527 g/mol. The molecule has 3 aliphatic heterocycles. The van der Waals surface area contributed by atoms with Crippen LogP contribution >= 0.6 is 0 Å². The zero-order valence-electron chi connectivity index (χ0n) is 22.4. The van der Waals surface area contributed by atoms with Crippen LogP contribution in [-0.4, -0.2) is 83.7 Å². The van der Waals surface area contributed by atoms with E-state index in [9.17, 15) is 19.2 Å². The molecule has 5 rings (SSSR count). The van der Waals surface area contributed by atoms with Gasteiger partial charge in [-0.3, -0.25) is 24.4 Å². The number of piperidine rings is 2. The Hall–Kier alpha value is -3.34. The molecule has 0 saturated carbocycles. The maximum Gasteiger partial charge on any atom is 0.420 e. The molecule has 11 heteroatoms. The minimum absolute atomic E-state index is 0.196. The van der Waals surface area contributed by atoms with Gasteiger partial charge in [-0.2, -0.15) is 0 Å². The van der Waals surface area contributed by atoms with E-state index in [1.165, 1.54) is 4.57 Å². The van der Waals surface area contributed by atoms with E-state index in [1.54, 1.807) is 4.90 Å². The van der Waals surface area contributed by atoms with Crippen LogP contribution in [0.25, 0.3) is 11.1 Å². The van der Waals surface area contributed by atoms with E-state index in [4.69, 9.17) is 9.15 Å². The first-order chi connectivity index (χ1) is 18.1. The molecule has 2 aromatic rings. The predicted octanol–water partition coefficient (Wildman–Crippen LogP) is 2.34. The van der Waals surface area contributed by atoms with Gasteiger partial charge in [0.25, 0.3) is 0 Å². The molecule has 3 saturated heterocycles. The number of nitrogens with one attached hydrogen (secondary N) is 1. The Morgan fingerprint density at radius 1 is 1.03 bits per heavy atom. The standard InChI is InChI=1S/C27H37N5O6/c1-27(2,3)38-25(35)31-14-12-29(13-15-31)17-18-8-10-30(11-9-18)19-4-5-20-22(16-19)37-26(36)32(20)21-6-7-23(33)28-24(21)34/h4-5,16,18,21H,6-15,17H2,1-3H3,(H,28,33,34). The second-order valence-corrected chi connectivity index (χ2v) is 11.6. The highest BCUT2D eigenvalue weighted by molar-refractivity contribution is 6.00. The Balaban J connectivity index is 1.14. The number of fused-ring (bicyclic) bond motifs is 1. The number of piperazine rings is 1. The molecular formula is C27H37N5O6. The lowest BCUT2D eigenvalue weighted by atomic mass is 9.95. The number of aromatic nitrogens is 1. The number of benzene rings is 1. The molecule has 11 nitrogen and oxygen atoms in total. The van der Waals surface area contributed by atoms with Crippen LogP contribution < -0.4 is 16.0 Å². The topological polar surface area (TPSA) is 117 Å². The normalized spacial score (nSPS) is 22.1. The molecule has 0 bridgehead atoms. The van der Waals surface area contributed by atoms with Crippen LogP contribution in [0.15, 0.2) is 27.4 Å². The number of carbonyl (C=O) groups is 3. The largest absolute Gasteiger partial charge is 0.444 e.